The van der Waals surface area contributed by atoms with Gasteiger partial charge in [-0.2, -0.15) is 0 Å². The summed E-state index contributed by atoms with van der Waals surface area (Å²) in [6, 6.07) is 9.99. The Balaban J connectivity index is 0.00000300. The molecule has 1 fully saturated rings. The zero-order valence-corrected chi connectivity index (χ0v) is 19.9. The molecule has 2 heterocycles. The number of piperazine rings is 1. The quantitative estimate of drug-likeness (QED) is 0.349. The second kappa shape index (κ2) is 12.0. The summed E-state index contributed by atoms with van der Waals surface area (Å²) >= 11 is 0. The van der Waals surface area contributed by atoms with Crippen LogP contribution in [0.4, 0.5) is 0 Å². The van der Waals surface area contributed by atoms with Crippen LogP contribution in [-0.4, -0.2) is 73.8 Å². The highest BCUT2D eigenvalue weighted by Crippen LogP contribution is 2.12. The molecule has 1 aliphatic rings. The third kappa shape index (κ3) is 6.88. The van der Waals surface area contributed by atoms with Crippen LogP contribution in [0.15, 0.2) is 39.8 Å². The Bertz CT molecular complexity index is 738. The van der Waals surface area contributed by atoms with E-state index in [0.29, 0.717) is 6.61 Å². The highest BCUT2D eigenvalue weighted by atomic mass is 127. The maximum Gasteiger partial charge on any atom is 0.193 e. The Morgan fingerprint density at radius 2 is 1.90 bits per heavy atom. The Hall–Kier alpha value is -1.81. The number of rotatable bonds is 7. The zero-order chi connectivity index (χ0) is 19.8. The standard InChI is InChI=1S/C21H31N5O2.HI/c1-17-20(18(2)28-24-17)9-10-23-21(22-3)26-13-11-25(12-14-26)15-16-27-19-7-5-4-6-8-19;/h4-8H,9-16H2,1-3H3,(H,22,23);1H. The van der Waals surface area contributed by atoms with Crippen LogP contribution in [0, 0.1) is 13.8 Å². The summed E-state index contributed by atoms with van der Waals surface area (Å²) in [5, 5.41) is 7.49. The van der Waals surface area contributed by atoms with Crippen molar-refractivity contribution < 1.29 is 9.26 Å². The van der Waals surface area contributed by atoms with Crippen LogP contribution in [0.2, 0.25) is 0 Å². The Morgan fingerprint density at radius 1 is 1.17 bits per heavy atom. The molecule has 1 saturated heterocycles. The lowest BCUT2D eigenvalue weighted by atomic mass is 10.1. The van der Waals surface area contributed by atoms with Gasteiger partial charge in [-0.1, -0.05) is 23.4 Å². The fourth-order valence-electron chi connectivity index (χ4n) is 3.48. The van der Waals surface area contributed by atoms with E-state index in [1.165, 1.54) is 5.56 Å². The largest absolute Gasteiger partial charge is 0.492 e. The number of aromatic nitrogens is 1. The number of benzene rings is 1. The Labute approximate surface area is 190 Å². The van der Waals surface area contributed by atoms with Gasteiger partial charge in [0.25, 0.3) is 0 Å². The van der Waals surface area contributed by atoms with E-state index in [4.69, 9.17) is 9.26 Å². The first-order chi connectivity index (χ1) is 13.7. The molecule has 7 nitrogen and oxygen atoms in total. The molecule has 1 N–H and O–H groups in total. The molecule has 0 bridgehead atoms. The van der Waals surface area contributed by atoms with Crippen LogP contribution in [0.5, 0.6) is 5.75 Å². The number of aliphatic imine (C=N–C) groups is 1. The smallest absolute Gasteiger partial charge is 0.193 e. The lowest BCUT2D eigenvalue weighted by Gasteiger charge is -2.36. The van der Waals surface area contributed by atoms with Crippen molar-refractivity contribution >= 4 is 29.9 Å². The summed E-state index contributed by atoms with van der Waals surface area (Å²) in [6.07, 6.45) is 0.886. The molecular weight excluding hydrogens is 481 g/mol. The second-order valence-corrected chi connectivity index (χ2v) is 7.02. The van der Waals surface area contributed by atoms with Crippen LogP contribution < -0.4 is 10.1 Å². The molecule has 160 valence electrons. The van der Waals surface area contributed by atoms with Crippen molar-refractivity contribution in [2.75, 3.05) is 52.9 Å². The minimum Gasteiger partial charge on any atom is -0.492 e. The number of halogens is 1. The van der Waals surface area contributed by atoms with Crippen LogP contribution in [0.25, 0.3) is 0 Å². The van der Waals surface area contributed by atoms with E-state index in [1.54, 1.807) is 0 Å². The molecule has 0 saturated carbocycles. The third-order valence-corrected chi connectivity index (χ3v) is 5.14. The summed E-state index contributed by atoms with van der Waals surface area (Å²) in [5.41, 5.74) is 2.16. The second-order valence-electron chi connectivity index (χ2n) is 7.02. The van der Waals surface area contributed by atoms with Crippen molar-refractivity contribution in [3.63, 3.8) is 0 Å². The summed E-state index contributed by atoms with van der Waals surface area (Å²) in [4.78, 5) is 9.21. The lowest BCUT2D eigenvalue weighted by molar-refractivity contribution is 0.152. The fraction of sp³-hybridized carbons (Fsp3) is 0.524. The Morgan fingerprint density at radius 3 is 2.52 bits per heavy atom. The van der Waals surface area contributed by atoms with Gasteiger partial charge in [-0.15, -0.1) is 24.0 Å². The maximum absolute atomic E-state index is 5.81. The van der Waals surface area contributed by atoms with E-state index in [-0.39, 0.29) is 24.0 Å². The van der Waals surface area contributed by atoms with Gasteiger partial charge >= 0.3 is 0 Å². The van der Waals surface area contributed by atoms with E-state index >= 15 is 0 Å². The van der Waals surface area contributed by atoms with E-state index < -0.39 is 0 Å². The number of para-hydroxylation sites is 1. The monoisotopic (exact) mass is 513 g/mol. The SMILES string of the molecule is CN=C(NCCc1c(C)noc1C)N1CCN(CCOc2ccccc2)CC1.I. The van der Waals surface area contributed by atoms with Crippen molar-refractivity contribution in [3.8, 4) is 5.75 Å². The topological polar surface area (TPSA) is 66.1 Å². The summed E-state index contributed by atoms with van der Waals surface area (Å²) in [6.45, 7) is 10.4. The molecule has 8 heteroatoms. The molecule has 0 spiro atoms. The maximum atomic E-state index is 5.81. The van der Waals surface area contributed by atoms with Gasteiger partial charge < -0.3 is 19.5 Å². The van der Waals surface area contributed by atoms with E-state index in [2.05, 4.69) is 25.3 Å². The molecule has 0 unspecified atom stereocenters. The number of hydrogen-bond donors (Lipinski definition) is 1. The minimum atomic E-state index is 0. The van der Waals surface area contributed by atoms with Crippen molar-refractivity contribution in [1.29, 1.82) is 0 Å². The first-order valence-electron chi connectivity index (χ1n) is 9.95. The zero-order valence-electron chi connectivity index (χ0n) is 17.6. The molecule has 0 amide bonds. The predicted molar refractivity (Wildman–Crippen MR) is 126 cm³/mol. The predicted octanol–water partition coefficient (Wildman–Crippen LogP) is 2.72. The fourth-order valence-corrected chi connectivity index (χ4v) is 3.48. The average molecular weight is 513 g/mol. The number of nitrogens with zero attached hydrogens (tertiary/aromatic N) is 4. The molecule has 1 aromatic heterocycles. The van der Waals surface area contributed by atoms with Crippen molar-refractivity contribution in [1.82, 2.24) is 20.3 Å². The summed E-state index contributed by atoms with van der Waals surface area (Å²) in [7, 11) is 1.85. The molecule has 2 aromatic rings. The van der Waals surface area contributed by atoms with Gasteiger partial charge in [0.05, 0.1) is 5.69 Å². The highest BCUT2D eigenvalue weighted by Gasteiger charge is 2.19. The van der Waals surface area contributed by atoms with Gasteiger partial charge in [0.15, 0.2) is 5.96 Å². The molecule has 29 heavy (non-hydrogen) atoms. The van der Waals surface area contributed by atoms with Gasteiger partial charge in [-0.3, -0.25) is 9.89 Å². The minimum absolute atomic E-state index is 0. The molecule has 0 atom stereocenters. The molecular formula is C21H32IN5O2. The number of aryl methyl sites for hydroxylation is 2. The number of nitrogens with one attached hydrogen (secondary N) is 1. The number of ether oxygens (including phenoxy) is 1. The molecule has 3 rings (SSSR count). The molecule has 1 aromatic carbocycles. The summed E-state index contributed by atoms with van der Waals surface area (Å²) in [5.74, 6) is 2.80. The van der Waals surface area contributed by atoms with Crippen molar-refractivity contribution in [3.05, 3.63) is 47.3 Å². The highest BCUT2D eigenvalue weighted by molar-refractivity contribution is 14.0. The van der Waals surface area contributed by atoms with Gasteiger partial charge in [0.1, 0.15) is 18.1 Å². The van der Waals surface area contributed by atoms with Gasteiger partial charge in [-0.25, -0.2) is 0 Å². The third-order valence-electron chi connectivity index (χ3n) is 5.14. The first-order valence-corrected chi connectivity index (χ1v) is 9.95. The van der Waals surface area contributed by atoms with Crippen molar-refractivity contribution in [2.24, 2.45) is 4.99 Å². The number of guanidine groups is 1. The Kier molecular flexibility index (Phi) is 9.72. The van der Waals surface area contributed by atoms with Crippen LogP contribution in [0.1, 0.15) is 17.0 Å². The van der Waals surface area contributed by atoms with Crippen LogP contribution in [0.3, 0.4) is 0 Å². The van der Waals surface area contributed by atoms with Gasteiger partial charge in [0, 0.05) is 51.9 Å². The van der Waals surface area contributed by atoms with Gasteiger partial charge in [-0.05, 0) is 32.4 Å². The van der Waals surface area contributed by atoms with Crippen molar-refractivity contribution in [2.45, 2.75) is 20.3 Å². The van der Waals surface area contributed by atoms with Crippen LogP contribution >= 0.6 is 24.0 Å². The first kappa shape index (κ1) is 23.5. The molecule has 1 aliphatic heterocycles. The lowest BCUT2D eigenvalue weighted by Crippen LogP contribution is -2.53. The normalized spacial score (nSPS) is 15.1. The van der Waals surface area contributed by atoms with Gasteiger partial charge in [0.2, 0.25) is 0 Å². The molecule has 0 aliphatic carbocycles. The number of hydrogen-bond acceptors (Lipinski definition) is 5. The summed E-state index contributed by atoms with van der Waals surface area (Å²) < 4.78 is 11.0. The average Bonchev–Trinajstić information content (AvgIpc) is 3.05. The van der Waals surface area contributed by atoms with E-state index in [9.17, 15) is 0 Å². The van der Waals surface area contributed by atoms with Crippen LogP contribution in [-0.2, 0) is 6.42 Å². The van der Waals surface area contributed by atoms with E-state index in [1.807, 2.05) is 51.2 Å². The molecule has 0 radical (unpaired) electrons. The van der Waals surface area contributed by atoms with E-state index in [0.717, 1.165) is 68.9 Å².